The molecule has 0 fully saturated rings. The monoisotopic (exact) mass is 275 g/mol. The van der Waals surface area contributed by atoms with Gasteiger partial charge in [-0.05, 0) is 25.0 Å². The molecule has 2 rings (SSSR count). The zero-order valence-corrected chi connectivity index (χ0v) is 11.3. The number of amides is 1. The first kappa shape index (κ1) is 14.1. The number of carboxylic acids is 1. The Hall–Kier alpha value is -2.30. The van der Waals surface area contributed by atoms with Gasteiger partial charge >= 0.3 is 5.97 Å². The number of hydrogen-bond acceptors (Lipinski definition) is 3. The van der Waals surface area contributed by atoms with Crippen molar-refractivity contribution in [2.45, 2.75) is 19.8 Å². The zero-order chi connectivity index (χ0) is 14.5. The standard InChI is InChI=1S/C15H17NO4/c1-10(15(18)19)5-4-8-16-14(17)13-9-11-6-2-3-7-12(11)20-13/h2-3,6-7,9-10H,4-5,8H2,1H3,(H,16,17)(H,18,19). The Kier molecular flexibility index (Phi) is 4.40. The van der Waals surface area contributed by atoms with Gasteiger partial charge in [-0.2, -0.15) is 0 Å². The van der Waals surface area contributed by atoms with Crippen LogP contribution < -0.4 is 5.32 Å². The van der Waals surface area contributed by atoms with Crippen molar-refractivity contribution in [1.82, 2.24) is 5.32 Å². The van der Waals surface area contributed by atoms with Crippen molar-refractivity contribution in [2.75, 3.05) is 6.54 Å². The fourth-order valence-electron chi connectivity index (χ4n) is 1.91. The largest absolute Gasteiger partial charge is 0.481 e. The van der Waals surface area contributed by atoms with E-state index in [1.54, 1.807) is 19.1 Å². The van der Waals surface area contributed by atoms with Gasteiger partial charge in [-0.1, -0.05) is 25.1 Å². The van der Waals surface area contributed by atoms with E-state index in [0.717, 1.165) is 5.39 Å². The van der Waals surface area contributed by atoms with Gasteiger partial charge in [0.05, 0.1) is 5.92 Å². The summed E-state index contributed by atoms with van der Waals surface area (Å²) in [5.74, 6) is -1.20. The minimum absolute atomic E-state index is 0.274. The van der Waals surface area contributed by atoms with Gasteiger partial charge in [-0.3, -0.25) is 9.59 Å². The van der Waals surface area contributed by atoms with Crippen molar-refractivity contribution < 1.29 is 19.1 Å². The van der Waals surface area contributed by atoms with Gasteiger partial charge in [0.1, 0.15) is 5.58 Å². The van der Waals surface area contributed by atoms with Gasteiger partial charge in [0, 0.05) is 11.9 Å². The molecule has 2 N–H and O–H groups in total. The Labute approximate surface area is 116 Å². The molecule has 0 aliphatic rings. The first-order valence-electron chi connectivity index (χ1n) is 6.57. The number of nitrogens with one attached hydrogen (secondary N) is 1. The number of para-hydroxylation sites is 1. The summed E-state index contributed by atoms with van der Waals surface area (Å²) in [7, 11) is 0. The summed E-state index contributed by atoms with van der Waals surface area (Å²) in [6, 6.07) is 9.11. The Balaban J connectivity index is 1.84. The van der Waals surface area contributed by atoms with Gasteiger partial charge in [-0.15, -0.1) is 0 Å². The molecule has 5 nitrogen and oxygen atoms in total. The minimum Gasteiger partial charge on any atom is -0.481 e. The van der Waals surface area contributed by atoms with Crippen LogP contribution in [0.15, 0.2) is 34.7 Å². The summed E-state index contributed by atoms with van der Waals surface area (Å²) in [5, 5.41) is 12.4. The van der Waals surface area contributed by atoms with Gasteiger partial charge in [-0.25, -0.2) is 0 Å². The molecule has 1 heterocycles. The highest BCUT2D eigenvalue weighted by Gasteiger charge is 2.13. The molecule has 0 spiro atoms. The lowest BCUT2D eigenvalue weighted by Gasteiger charge is -2.06. The normalized spacial score (nSPS) is 12.2. The molecule has 20 heavy (non-hydrogen) atoms. The first-order chi connectivity index (χ1) is 9.58. The third kappa shape index (κ3) is 3.38. The highest BCUT2D eigenvalue weighted by Crippen LogP contribution is 2.18. The van der Waals surface area contributed by atoms with E-state index in [4.69, 9.17) is 9.52 Å². The van der Waals surface area contributed by atoms with Crippen LogP contribution in [0.1, 0.15) is 30.3 Å². The number of fused-ring (bicyclic) bond motifs is 1. The van der Waals surface area contributed by atoms with E-state index in [1.165, 1.54) is 0 Å². The van der Waals surface area contributed by atoms with Crippen LogP contribution in [0.25, 0.3) is 11.0 Å². The quantitative estimate of drug-likeness (QED) is 0.794. The van der Waals surface area contributed by atoms with Crippen LogP contribution in [-0.4, -0.2) is 23.5 Å². The molecule has 0 aliphatic carbocycles. The Morgan fingerprint density at radius 3 is 2.80 bits per heavy atom. The van der Waals surface area contributed by atoms with E-state index in [2.05, 4.69) is 5.32 Å². The summed E-state index contributed by atoms with van der Waals surface area (Å²) in [5.41, 5.74) is 0.678. The maximum atomic E-state index is 11.9. The van der Waals surface area contributed by atoms with Crippen LogP contribution in [0.2, 0.25) is 0 Å². The number of hydrogen-bond donors (Lipinski definition) is 2. The molecule has 1 aromatic carbocycles. The highest BCUT2D eigenvalue weighted by atomic mass is 16.4. The molecular weight excluding hydrogens is 258 g/mol. The molecule has 0 saturated carbocycles. The fraction of sp³-hybridized carbons (Fsp3) is 0.333. The highest BCUT2D eigenvalue weighted by molar-refractivity contribution is 5.96. The average molecular weight is 275 g/mol. The molecule has 0 bridgehead atoms. The van der Waals surface area contributed by atoms with Crippen molar-refractivity contribution in [3.05, 3.63) is 36.1 Å². The number of rotatable bonds is 6. The second kappa shape index (κ2) is 6.23. The molecule has 2 aromatic rings. The van der Waals surface area contributed by atoms with Gasteiger partial charge < -0.3 is 14.8 Å². The van der Waals surface area contributed by atoms with Gasteiger partial charge in [0.25, 0.3) is 5.91 Å². The van der Waals surface area contributed by atoms with E-state index in [9.17, 15) is 9.59 Å². The third-order valence-corrected chi connectivity index (χ3v) is 3.17. The van der Waals surface area contributed by atoms with E-state index in [0.29, 0.717) is 25.0 Å². The van der Waals surface area contributed by atoms with Crippen LogP contribution in [0.3, 0.4) is 0 Å². The number of furan rings is 1. The molecule has 1 unspecified atom stereocenters. The summed E-state index contributed by atoms with van der Waals surface area (Å²) in [6.07, 6.45) is 1.16. The Bertz CT molecular complexity index is 584. The summed E-state index contributed by atoms with van der Waals surface area (Å²) in [6.45, 7) is 2.09. The molecule has 1 amide bonds. The summed E-state index contributed by atoms with van der Waals surface area (Å²) >= 11 is 0. The Morgan fingerprint density at radius 2 is 2.10 bits per heavy atom. The topological polar surface area (TPSA) is 79.5 Å². The molecule has 0 radical (unpaired) electrons. The maximum absolute atomic E-state index is 11.9. The van der Waals surface area contributed by atoms with E-state index >= 15 is 0 Å². The molecular formula is C15H17NO4. The molecule has 0 saturated heterocycles. The molecule has 106 valence electrons. The van der Waals surface area contributed by atoms with Crippen molar-refractivity contribution in [3.8, 4) is 0 Å². The third-order valence-electron chi connectivity index (χ3n) is 3.17. The van der Waals surface area contributed by atoms with Crippen LogP contribution in [0.5, 0.6) is 0 Å². The lowest BCUT2D eigenvalue weighted by molar-refractivity contribution is -0.141. The fourth-order valence-corrected chi connectivity index (χ4v) is 1.91. The number of carboxylic acid groups (broad SMARTS) is 1. The lowest BCUT2D eigenvalue weighted by Crippen LogP contribution is -2.24. The average Bonchev–Trinajstić information content (AvgIpc) is 2.86. The second-order valence-corrected chi connectivity index (χ2v) is 4.79. The van der Waals surface area contributed by atoms with Crippen LogP contribution in [-0.2, 0) is 4.79 Å². The lowest BCUT2D eigenvalue weighted by atomic mass is 10.1. The van der Waals surface area contributed by atoms with Crippen molar-refractivity contribution >= 4 is 22.8 Å². The van der Waals surface area contributed by atoms with Crippen molar-refractivity contribution in [1.29, 1.82) is 0 Å². The summed E-state index contributed by atoms with van der Waals surface area (Å²) < 4.78 is 5.44. The van der Waals surface area contributed by atoms with Gasteiger partial charge in [0.15, 0.2) is 5.76 Å². The second-order valence-electron chi connectivity index (χ2n) is 4.79. The number of carbonyl (C=O) groups excluding carboxylic acids is 1. The van der Waals surface area contributed by atoms with Gasteiger partial charge in [0.2, 0.25) is 0 Å². The van der Waals surface area contributed by atoms with Crippen LogP contribution in [0, 0.1) is 5.92 Å². The number of aliphatic carboxylic acids is 1. The number of benzene rings is 1. The van der Waals surface area contributed by atoms with E-state index < -0.39 is 11.9 Å². The molecule has 1 aromatic heterocycles. The minimum atomic E-state index is -0.811. The maximum Gasteiger partial charge on any atom is 0.306 e. The SMILES string of the molecule is CC(CCCNC(=O)c1cc2ccccc2o1)C(=O)O. The predicted octanol–water partition coefficient (Wildman–Crippen LogP) is 2.66. The molecule has 0 aliphatic heterocycles. The Morgan fingerprint density at radius 1 is 1.35 bits per heavy atom. The van der Waals surface area contributed by atoms with E-state index in [1.807, 2.05) is 18.2 Å². The van der Waals surface area contributed by atoms with E-state index in [-0.39, 0.29) is 11.7 Å². The van der Waals surface area contributed by atoms with Crippen LogP contribution in [0.4, 0.5) is 0 Å². The predicted molar refractivity (Wildman–Crippen MR) is 74.6 cm³/mol. The van der Waals surface area contributed by atoms with Crippen molar-refractivity contribution in [2.24, 2.45) is 5.92 Å². The number of carbonyl (C=O) groups is 2. The zero-order valence-electron chi connectivity index (χ0n) is 11.3. The first-order valence-corrected chi connectivity index (χ1v) is 6.57. The van der Waals surface area contributed by atoms with Crippen LogP contribution >= 0.6 is 0 Å². The molecule has 5 heteroatoms. The summed E-state index contributed by atoms with van der Waals surface area (Å²) in [4.78, 5) is 22.5. The molecule has 1 atom stereocenters. The smallest absolute Gasteiger partial charge is 0.306 e. The van der Waals surface area contributed by atoms with Crippen molar-refractivity contribution in [3.63, 3.8) is 0 Å².